The molecule has 0 amide bonds. The summed E-state index contributed by atoms with van der Waals surface area (Å²) in [6, 6.07) is 8.99. The lowest BCUT2D eigenvalue weighted by Gasteiger charge is -2.15. The van der Waals surface area contributed by atoms with Gasteiger partial charge in [-0.05, 0) is 25.0 Å². The van der Waals surface area contributed by atoms with Crippen molar-refractivity contribution in [3.63, 3.8) is 0 Å². The number of nitrogens with zero attached hydrogens (tertiary/aromatic N) is 1. The van der Waals surface area contributed by atoms with Crippen LogP contribution in [0.1, 0.15) is 12.8 Å². The highest BCUT2D eigenvalue weighted by molar-refractivity contribution is 5.77. The van der Waals surface area contributed by atoms with Gasteiger partial charge in [-0.3, -0.25) is 4.79 Å². The molecule has 1 aromatic heterocycles. The van der Waals surface area contributed by atoms with Crippen molar-refractivity contribution in [2.24, 2.45) is 0 Å². The second-order valence-corrected chi connectivity index (χ2v) is 4.14. The highest BCUT2D eigenvalue weighted by atomic mass is 16.4. The monoisotopic (exact) mass is 215 g/mol. The molecule has 16 heavy (non-hydrogen) atoms. The molecule has 0 aliphatic carbocycles. The first-order valence-electron chi connectivity index (χ1n) is 5.62. The van der Waals surface area contributed by atoms with Crippen LogP contribution >= 0.6 is 0 Å². The van der Waals surface area contributed by atoms with Crippen LogP contribution in [0, 0.1) is 0 Å². The van der Waals surface area contributed by atoms with Gasteiger partial charge >= 0.3 is 0 Å². The van der Waals surface area contributed by atoms with Gasteiger partial charge in [0.25, 0.3) is 0 Å². The molecule has 0 unspecified atom stereocenters. The average Bonchev–Trinajstić information content (AvgIpc) is 2.82. The molecule has 0 N–H and O–H groups in total. The number of para-hydroxylation sites is 1. The van der Waals surface area contributed by atoms with E-state index in [1.807, 2.05) is 18.2 Å². The number of benzene rings is 1. The summed E-state index contributed by atoms with van der Waals surface area (Å²) in [5.41, 5.74) is 0.723. The summed E-state index contributed by atoms with van der Waals surface area (Å²) in [5, 5.41) is 0.658. The van der Waals surface area contributed by atoms with E-state index in [0.717, 1.165) is 13.1 Å². The molecule has 2 aromatic rings. The molecule has 1 fully saturated rings. The molecule has 2 heterocycles. The van der Waals surface area contributed by atoms with Crippen molar-refractivity contribution in [3.8, 4) is 0 Å². The van der Waals surface area contributed by atoms with E-state index in [-0.39, 0.29) is 5.43 Å². The van der Waals surface area contributed by atoms with Crippen LogP contribution in [0.2, 0.25) is 0 Å². The summed E-state index contributed by atoms with van der Waals surface area (Å²) in [7, 11) is 0. The van der Waals surface area contributed by atoms with Gasteiger partial charge in [-0.25, -0.2) is 0 Å². The zero-order valence-electron chi connectivity index (χ0n) is 8.98. The Bertz CT molecular complexity index is 567. The Morgan fingerprint density at radius 1 is 1.12 bits per heavy atom. The van der Waals surface area contributed by atoms with E-state index in [2.05, 4.69) is 4.90 Å². The normalized spacial score (nSPS) is 15.9. The minimum Gasteiger partial charge on any atom is -0.440 e. The van der Waals surface area contributed by atoms with Crippen LogP contribution in [-0.2, 0) is 0 Å². The fourth-order valence-corrected chi connectivity index (χ4v) is 2.18. The third kappa shape index (κ3) is 1.48. The summed E-state index contributed by atoms with van der Waals surface area (Å²) < 4.78 is 5.75. The van der Waals surface area contributed by atoms with Crippen LogP contribution in [0.4, 0.5) is 5.88 Å². The van der Waals surface area contributed by atoms with E-state index in [4.69, 9.17) is 4.42 Å². The molecular weight excluding hydrogens is 202 g/mol. The molecule has 0 atom stereocenters. The maximum absolute atomic E-state index is 11.9. The van der Waals surface area contributed by atoms with Gasteiger partial charge in [0, 0.05) is 19.2 Å². The molecule has 1 aromatic carbocycles. The van der Waals surface area contributed by atoms with Crippen molar-refractivity contribution in [2.75, 3.05) is 18.0 Å². The summed E-state index contributed by atoms with van der Waals surface area (Å²) in [5.74, 6) is 0.709. The highest BCUT2D eigenvalue weighted by Crippen LogP contribution is 2.22. The number of rotatable bonds is 1. The molecule has 3 nitrogen and oxygen atoms in total. The topological polar surface area (TPSA) is 33.5 Å². The maximum atomic E-state index is 11.9. The van der Waals surface area contributed by atoms with Gasteiger partial charge in [0.2, 0.25) is 0 Å². The van der Waals surface area contributed by atoms with Crippen molar-refractivity contribution >= 4 is 16.9 Å². The van der Waals surface area contributed by atoms with Gasteiger partial charge in [-0.2, -0.15) is 0 Å². The number of hydrogen-bond donors (Lipinski definition) is 0. The lowest BCUT2D eigenvalue weighted by Crippen LogP contribution is -2.19. The molecule has 1 aliphatic heterocycles. The van der Waals surface area contributed by atoms with Gasteiger partial charge in [-0.15, -0.1) is 0 Å². The highest BCUT2D eigenvalue weighted by Gasteiger charge is 2.15. The van der Waals surface area contributed by atoms with Crippen LogP contribution < -0.4 is 10.3 Å². The van der Waals surface area contributed by atoms with Crippen LogP contribution in [0.3, 0.4) is 0 Å². The van der Waals surface area contributed by atoms with E-state index in [1.54, 1.807) is 12.1 Å². The Morgan fingerprint density at radius 2 is 1.88 bits per heavy atom. The Kier molecular flexibility index (Phi) is 2.17. The fourth-order valence-electron chi connectivity index (χ4n) is 2.18. The van der Waals surface area contributed by atoms with Crippen LogP contribution in [-0.4, -0.2) is 13.1 Å². The molecule has 3 heteroatoms. The van der Waals surface area contributed by atoms with E-state index in [1.165, 1.54) is 12.8 Å². The zero-order valence-corrected chi connectivity index (χ0v) is 8.98. The van der Waals surface area contributed by atoms with Gasteiger partial charge in [-0.1, -0.05) is 12.1 Å². The Balaban J connectivity index is 2.17. The lowest BCUT2D eigenvalue weighted by molar-refractivity contribution is 0.587. The first-order valence-corrected chi connectivity index (χ1v) is 5.62. The third-order valence-electron chi connectivity index (χ3n) is 3.04. The number of fused-ring (bicyclic) bond motifs is 1. The minimum atomic E-state index is 0.0451. The molecule has 0 bridgehead atoms. The average molecular weight is 215 g/mol. The fraction of sp³-hybridized carbons (Fsp3) is 0.308. The van der Waals surface area contributed by atoms with Gasteiger partial charge in [0.1, 0.15) is 5.58 Å². The molecule has 3 rings (SSSR count). The zero-order chi connectivity index (χ0) is 11.0. The Hall–Kier alpha value is -1.77. The van der Waals surface area contributed by atoms with Gasteiger partial charge in [0.05, 0.1) is 5.39 Å². The number of hydrogen-bond acceptors (Lipinski definition) is 3. The van der Waals surface area contributed by atoms with E-state index < -0.39 is 0 Å². The third-order valence-corrected chi connectivity index (χ3v) is 3.04. The molecule has 1 saturated heterocycles. The van der Waals surface area contributed by atoms with E-state index >= 15 is 0 Å². The van der Waals surface area contributed by atoms with Crippen molar-refractivity contribution in [1.82, 2.24) is 0 Å². The van der Waals surface area contributed by atoms with E-state index in [9.17, 15) is 4.79 Å². The quantitative estimate of drug-likeness (QED) is 0.732. The predicted octanol–water partition coefficient (Wildman–Crippen LogP) is 2.39. The number of anilines is 1. The second-order valence-electron chi connectivity index (χ2n) is 4.14. The summed E-state index contributed by atoms with van der Waals surface area (Å²) in [6.07, 6.45) is 2.35. The summed E-state index contributed by atoms with van der Waals surface area (Å²) >= 11 is 0. The SMILES string of the molecule is O=c1cc(N2CCCC2)oc2ccccc12. The van der Waals surface area contributed by atoms with Crippen LogP contribution in [0.25, 0.3) is 11.0 Å². The van der Waals surface area contributed by atoms with Crippen molar-refractivity contribution < 1.29 is 4.42 Å². The van der Waals surface area contributed by atoms with Gasteiger partial charge in [0.15, 0.2) is 11.3 Å². The molecule has 1 aliphatic rings. The Morgan fingerprint density at radius 3 is 2.69 bits per heavy atom. The van der Waals surface area contributed by atoms with Crippen molar-refractivity contribution in [2.45, 2.75) is 12.8 Å². The molecule has 0 radical (unpaired) electrons. The summed E-state index contributed by atoms with van der Waals surface area (Å²) in [6.45, 7) is 1.97. The second kappa shape index (κ2) is 3.67. The minimum absolute atomic E-state index is 0.0451. The molecule has 82 valence electrons. The standard InChI is InChI=1S/C13H13NO2/c15-11-9-13(14-7-3-4-8-14)16-12-6-2-1-5-10(11)12/h1-2,5-6,9H,3-4,7-8H2. The first kappa shape index (κ1) is 9.46. The first-order chi connectivity index (χ1) is 7.84. The smallest absolute Gasteiger partial charge is 0.199 e. The molecule has 0 saturated carbocycles. The predicted molar refractivity (Wildman–Crippen MR) is 63.9 cm³/mol. The van der Waals surface area contributed by atoms with Crippen molar-refractivity contribution in [3.05, 3.63) is 40.6 Å². The van der Waals surface area contributed by atoms with Crippen LogP contribution in [0.15, 0.2) is 39.5 Å². The maximum Gasteiger partial charge on any atom is 0.199 e. The lowest BCUT2D eigenvalue weighted by atomic mass is 10.2. The van der Waals surface area contributed by atoms with Crippen LogP contribution in [0.5, 0.6) is 0 Å². The molecule has 0 spiro atoms. The van der Waals surface area contributed by atoms with E-state index in [0.29, 0.717) is 16.9 Å². The van der Waals surface area contributed by atoms with Gasteiger partial charge < -0.3 is 9.32 Å². The Labute approximate surface area is 93.3 Å². The van der Waals surface area contributed by atoms with Crippen molar-refractivity contribution in [1.29, 1.82) is 0 Å². The summed E-state index contributed by atoms with van der Waals surface area (Å²) in [4.78, 5) is 14.0. The molecular formula is C13H13NO2. The largest absolute Gasteiger partial charge is 0.440 e.